The lowest BCUT2D eigenvalue weighted by Gasteiger charge is -2.18. The number of alkyl halides is 3. The highest BCUT2D eigenvalue weighted by molar-refractivity contribution is 7.90. The highest BCUT2D eigenvalue weighted by Crippen LogP contribution is 2.32. The summed E-state index contributed by atoms with van der Waals surface area (Å²) >= 11 is 0. The van der Waals surface area contributed by atoms with Crippen LogP contribution in [0, 0.1) is 0 Å². The Kier molecular flexibility index (Phi) is 6.20. The van der Waals surface area contributed by atoms with Gasteiger partial charge in [0.05, 0.1) is 18.1 Å². The van der Waals surface area contributed by atoms with Gasteiger partial charge in [-0.1, -0.05) is 0 Å². The minimum atomic E-state index is -4.73. The van der Waals surface area contributed by atoms with Gasteiger partial charge in [-0.15, -0.1) is 0 Å². The number of hydrogen-bond acceptors (Lipinski definition) is 6. The molecule has 1 aromatic rings. The number of aliphatic carboxylic acids is 1. The molecule has 0 aromatic carbocycles. The maximum atomic E-state index is 12.9. The number of carbonyl (C=O) groups is 1. The fourth-order valence-corrected chi connectivity index (χ4v) is 2.42. The maximum Gasteiger partial charge on any atom is 0.412 e. The molecular formula is C10H14F3N5O4S. The van der Waals surface area contributed by atoms with Gasteiger partial charge in [0.1, 0.15) is 6.04 Å². The molecular weight excluding hydrogens is 343 g/mol. The summed E-state index contributed by atoms with van der Waals surface area (Å²) in [5.41, 5.74) is 5.14. The molecule has 0 aliphatic carbocycles. The van der Waals surface area contributed by atoms with Crippen molar-refractivity contribution in [2.45, 2.75) is 31.1 Å². The lowest BCUT2D eigenvalue weighted by atomic mass is 10.2. The standard InChI is InChI=1S/C10H14F3N5O4S/c11-10(12,13)8(18-15-4-5-16-18)2-6-23(21,22)17-3-1-7(14)9(19)20/h3-5,7-8H,1-2,6,14H2,(H,19,20)/t7-,8?/m0/s1. The molecule has 0 aliphatic heterocycles. The van der Waals surface area contributed by atoms with Crippen LogP contribution < -0.4 is 5.73 Å². The fraction of sp³-hybridized carbons (Fsp3) is 0.600. The van der Waals surface area contributed by atoms with Gasteiger partial charge in [-0.25, -0.2) is 8.42 Å². The molecule has 0 fully saturated rings. The Morgan fingerprint density at radius 2 is 1.96 bits per heavy atom. The van der Waals surface area contributed by atoms with Crippen molar-refractivity contribution < 1.29 is 31.5 Å². The fourth-order valence-electron chi connectivity index (χ4n) is 1.48. The van der Waals surface area contributed by atoms with Crippen molar-refractivity contribution in [1.82, 2.24) is 15.0 Å². The minimum Gasteiger partial charge on any atom is -0.480 e. The van der Waals surface area contributed by atoms with Crippen molar-refractivity contribution in [3.8, 4) is 0 Å². The van der Waals surface area contributed by atoms with Gasteiger partial charge in [0.25, 0.3) is 10.0 Å². The van der Waals surface area contributed by atoms with Gasteiger partial charge < -0.3 is 10.8 Å². The van der Waals surface area contributed by atoms with Gasteiger partial charge in [-0.2, -0.15) is 32.6 Å². The molecule has 1 aromatic heterocycles. The van der Waals surface area contributed by atoms with Gasteiger partial charge in [-0.05, 0) is 6.42 Å². The first-order chi connectivity index (χ1) is 10.5. The summed E-state index contributed by atoms with van der Waals surface area (Å²) in [6, 6.07) is -3.55. The molecule has 0 spiro atoms. The van der Waals surface area contributed by atoms with Crippen molar-refractivity contribution in [2.75, 3.05) is 5.75 Å². The number of nitrogens with zero attached hydrogens (tertiary/aromatic N) is 4. The number of halogens is 3. The normalized spacial score (nSPS) is 15.7. The largest absolute Gasteiger partial charge is 0.480 e. The third-order valence-electron chi connectivity index (χ3n) is 2.65. The van der Waals surface area contributed by atoms with E-state index in [1.807, 2.05) is 0 Å². The van der Waals surface area contributed by atoms with Gasteiger partial charge in [0.2, 0.25) is 0 Å². The van der Waals surface area contributed by atoms with Crippen LogP contribution >= 0.6 is 0 Å². The first-order valence-electron chi connectivity index (χ1n) is 6.20. The van der Waals surface area contributed by atoms with E-state index in [0.29, 0.717) is 4.80 Å². The Hall–Kier alpha value is -2.02. The molecule has 130 valence electrons. The zero-order valence-corrected chi connectivity index (χ0v) is 12.4. The van der Waals surface area contributed by atoms with Crippen LogP contribution in [-0.2, 0) is 14.8 Å². The van der Waals surface area contributed by atoms with Crippen molar-refractivity contribution in [2.24, 2.45) is 10.1 Å². The molecule has 1 rings (SSSR count). The van der Waals surface area contributed by atoms with Crippen LogP contribution in [-0.4, -0.2) is 58.7 Å². The third-order valence-corrected chi connectivity index (χ3v) is 3.88. The number of carboxylic acid groups (broad SMARTS) is 1. The summed E-state index contributed by atoms with van der Waals surface area (Å²) in [4.78, 5) is 10.8. The zero-order valence-electron chi connectivity index (χ0n) is 11.6. The van der Waals surface area contributed by atoms with E-state index in [-0.39, 0.29) is 6.42 Å². The van der Waals surface area contributed by atoms with Crippen LogP contribution in [0.1, 0.15) is 18.9 Å². The summed E-state index contributed by atoms with van der Waals surface area (Å²) in [6.07, 6.45) is -3.09. The van der Waals surface area contributed by atoms with E-state index in [1.54, 1.807) is 0 Å². The zero-order chi connectivity index (χ0) is 17.7. The topological polar surface area (TPSA) is 141 Å². The van der Waals surface area contributed by atoms with Crippen LogP contribution in [0.5, 0.6) is 0 Å². The Bertz CT molecular complexity index is 644. The summed E-state index contributed by atoms with van der Waals surface area (Å²) < 4.78 is 64.9. The molecule has 0 bridgehead atoms. The Labute approximate surface area is 129 Å². The van der Waals surface area contributed by atoms with E-state index in [4.69, 9.17) is 10.8 Å². The average Bonchev–Trinajstić information content (AvgIpc) is 2.90. The Morgan fingerprint density at radius 3 is 2.43 bits per heavy atom. The van der Waals surface area contributed by atoms with E-state index in [9.17, 15) is 26.4 Å². The molecule has 0 aliphatic rings. The lowest BCUT2D eigenvalue weighted by Crippen LogP contribution is -2.31. The van der Waals surface area contributed by atoms with Gasteiger partial charge >= 0.3 is 12.1 Å². The van der Waals surface area contributed by atoms with Crippen LogP contribution in [0.15, 0.2) is 16.8 Å². The van der Waals surface area contributed by atoms with E-state index < -0.39 is 46.4 Å². The van der Waals surface area contributed by atoms with Crippen molar-refractivity contribution in [1.29, 1.82) is 0 Å². The molecule has 0 saturated carbocycles. The Balaban J connectivity index is 2.70. The van der Waals surface area contributed by atoms with Gasteiger partial charge in [0, 0.05) is 12.6 Å². The van der Waals surface area contributed by atoms with Crippen LogP contribution in [0.25, 0.3) is 0 Å². The smallest absolute Gasteiger partial charge is 0.412 e. The molecule has 0 saturated heterocycles. The van der Waals surface area contributed by atoms with Gasteiger partial charge in [-0.3, -0.25) is 4.79 Å². The number of nitrogens with two attached hydrogens (primary N) is 1. The molecule has 0 radical (unpaired) electrons. The number of sulfonamides is 1. The molecule has 1 heterocycles. The second-order valence-corrected chi connectivity index (χ2v) is 6.23. The third kappa shape index (κ3) is 6.32. The van der Waals surface area contributed by atoms with E-state index in [2.05, 4.69) is 14.6 Å². The average molecular weight is 357 g/mol. The van der Waals surface area contributed by atoms with Crippen LogP contribution in [0.3, 0.4) is 0 Å². The van der Waals surface area contributed by atoms with Crippen LogP contribution in [0.2, 0.25) is 0 Å². The number of carboxylic acids is 1. The van der Waals surface area contributed by atoms with Crippen LogP contribution in [0.4, 0.5) is 13.2 Å². The summed E-state index contributed by atoms with van der Waals surface area (Å²) in [5.74, 6) is -2.26. The van der Waals surface area contributed by atoms with E-state index >= 15 is 0 Å². The van der Waals surface area contributed by atoms with Crippen molar-refractivity contribution in [3.63, 3.8) is 0 Å². The Morgan fingerprint density at radius 1 is 1.39 bits per heavy atom. The second-order valence-electron chi connectivity index (χ2n) is 4.45. The van der Waals surface area contributed by atoms with Crippen molar-refractivity contribution in [3.05, 3.63) is 12.4 Å². The molecule has 0 amide bonds. The maximum absolute atomic E-state index is 12.9. The first kappa shape index (κ1) is 19.0. The van der Waals surface area contributed by atoms with Gasteiger partial charge in [0.15, 0.2) is 6.04 Å². The first-order valence-corrected chi connectivity index (χ1v) is 7.81. The van der Waals surface area contributed by atoms with E-state index in [0.717, 1.165) is 18.6 Å². The molecule has 1 unspecified atom stereocenters. The molecule has 3 N–H and O–H groups in total. The second kappa shape index (κ2) is 7.50. The molecule has 23 heavy (non-hydrogen) atoms. The SMILES string of the molecule is N[C@@H](CC=NS(=O)(=O)CCC(n1nccn1)C(F)(F)F)C(=O)O. The lowest BCUT2D eigenvalue weighted by molar-refractivity contribution is -0.173. The predicted octanol–water partition coefficient (Wildman–Crippen LogP) is -0.0258. The van der Waals surface area contributed by atoms with E-state index in [1.165, 1.54) is 0 Å². The predicted molar refractivity (Wildman–Crippen MR) is 72.2 cm³/mol. The number of hydrogen-bond donors (Lipinski definition) is 2. The highest BCUT2D eigenvalue weighted by atomic mass is 32.2. The monoisotopic (exact) mass is 357 g/mol. The summed E-state index contributed by atoms with van der Waals surface area (Å²) in [6.45, 7) is 0. The summed E-state index contributed by atoms with van der Waals surface area (Å²) in [5, 5.41) is 15.2. The number of rotatable bonds is 8. The molecule has 9 nitrogen and oxygen atoms in total. The number of aromatic nitrogens is 3. The van der Waals surface area contributed by atoms with Crippen molar-refractivity contribution >= 4 is 22.2 Å². The minimum absolute atomic E-state index is 0.363. The summed E-state index contributed by atoms with van der Waals surface area (Å²) in [7, 11) is -4.20. The highest BCUT2D eigenvalue weighted by Gasteiger charge is 2.42. The molecule has 2 atom stereocenters. The quantitative estimate of drug-likeness (QED) is 0.623. The molecule has 13 heteroatoms.